The van der Waals surface area contributed by atoms with Crippen molar-refractivity contribution in [3.63, 3.8) is 0 Å². The molecule has 0 saturated carbocycles. The van der Waals surface area contributed by atoms with Gasteiger partial charge in [-0.25, -0.2) is 4.98 Å². The van der Waals surface area contributed by atoms with Gasteiger partial charge in [-0.05, 0) is 29.7 Å². The summed E-state index contributed by atoms with van der Waals surface area (Å²) in [4.78, 5) is 21.6. The van der Waals surface area contributed by atoms with Crippen LogP contribution in [0.25, 0.3) is 0 Å². The summed E-state index contributed by atoms with van der Waals surface area (Å²) in [5.74, 6) is 0.375. The van der Waals surface area contributed by atoms with E-state index in [1.54, 1.807) is 42.0 Å². The third-order valence-corrected chi connectivity index (χ3v) is 6.53. The summed E-state index contributed by atoms with van der Waals surface area (Å²) < 4.78 is 0. The topological polar surface area (TPSA) is 92.9 Å². The van der Waals surface area contributed by atoms with Crippen LogP contribution in [0, 0.1) is 0 Å². The number of carbonyl (C=O) groups is 1. The van der Waals surface area contributed by atoms with E-state index in [1.165, 1.54) is 0 Å². The number of nitrogens with zero attached hydrogens (tertiary/aromatic N) is 2. The molecule has 0 fully saturated rings. The molecule has 26 heavy (non-hydrogen) atoms. The van der Waals surface area contributed by atoms with Crippen molar-refractivity contribution in [2.75, 3.05) is 16.4 Å². The highest BCUT2D eigenvalue weighted by Gasteiger charge is 2.32. The van der Waals surface area contributed by atoms with E-state index in [-0.39, 0.29) is 5.91 Å². The van der Waals surface area contributed by atoms with Crippen LogP contribution in [-0.4, -0.2) is 26.4 Å². The number of amides is 1. The van der Waals surface area contributed by atoms with Crippen LogP contribution in [0.15, 0.2) is 59.1 Å². The second-order valence-corrected chi connectivity index (χ2v) is 8.13. The van der Waals surface area contributed by atoms with Crippen LogP contribution in [-0.2, 0) is 11.3 Å². The zero-order chi connectivity index (χ0) is 17.9. The number of nitrogens with one attached hydrogen (secondary N) is 2. The smallest absolute Gasteiger partial charge is 0.261 e. The first-order chi connectivity index (χ1) is 12.7. The number of thioether (sulfide) groups is 2. The Morgan fingerprint density at radius 1 is 1.23 bits per heavy atom. The van der Waals surface area contributed by atoms with Crippen LogP contribution >= 0.6 is 23.5 Å². The lowest BCUT2D eigenvalue weighted by molar-refractivity contribution is -0.112. The largest absolute Gasteiger partial charge is 0.382 e. The predicted octanol–water partition coefficient (Wildman–Crippen LogP) is 3.24. The first-order valence-corrected chi connectivity index (χ1v) is 9.92. The fourth-order valence-corrected chi connectivity index (χ4v) is 5.20. The van der Waals surface area contributed by atoms with Crippen LogP contribution in [0.4, 0.5) is 17.2 Å². The zero-order valence-electron chi connectivity index (χ0n) is 13.8. The molecule has 6 nitrogen and oxygen atoms in total. The molecular weight excluding hydrogens is 366 g/mol. The van der Waals surface area contributed by atoms with E-state index in [4.69, 9.17) is 5.73 Å². The minimum absolute atomic E-state index is 0.0694. The van der Waals surface area contributed by atoms with Gasteiger partial charge in [0.2, 0.25) is 0 Å². The van der Waals surface area contributed by atoms with E-state index < -0.39 is 0 Å². The molecule has 2 atom stereocenters. The maximum atomic E-state index is 12.5. The summed E-state index contributed by atoms with van der Waals surface area (Å²) in [6.07, 6.45) is 7.52. The monoisotopic (exact) mass is 383 g/mol. The molecule has 4 heterocycles. The maximum absolute atomic E-state index is 12.5. The molecule has 8 heteroatoms. The first kappa shape index (κ1) is 17.0. The molecule has 2 aromatic heterocycles. The Hall–Kier alpha value is -2.45. The van der Waals surface area contributed by atoms with E-state index in [0.29, 0.717) is 22.9 Å². The number of hydrogen-bond acceptors (Lipinski definition) is 7. The van der Waals surface area contributed by atoms with Gasteiger partial charge in [0.1, 0.15) is 5.82 Å². The molecule has 0 spiro atoms. The second kappa shape index (κ2) is 7.43. The zero-order valence-corrected chi connectivity index (χ0v) is 15.4. The van der Waals surface area contributed by atoms with E-state index in [2.05, 4.69) is 32.1 Å². The summed E-state index contributed by atoms with van der Waals surface area (Å²) in [6, 6.07) is 7.32. The molecule has 2 unspecified atom stereocenters. The highest BCUT2D eigenvalue weighted by atomic mass is 32.2. The van der Waals surface area contributed by atoms with Crippen molar-refractivity contribution in [2.24, 2.45) is 0 Å². The Morgan fingerprint density at radius 2 is 2.15 bits per heavy atom. The summed E-state index contributed by atoms with van der Waals surface area (Å²) in [6.45, 7) is 0.489. The van der Waals surface area contributed by atoms with Gasteiger partial charge >= 0.3 is 0 Å². The Balaban J connectivity index is 1.38. The van der Waals surface area contributed by atoms with E-state index >= 15 is 0 Å². The first-order valence-electron chi connectivity index (χ1n) is 8.10. The van der Waals surface area contributed by atoms with Crippen molar-refractivity contribution < 1.29 is 4.79 Å². The quantitative estimate of drug-likeness (QED) is 0.730. The Bertz CT molecular complexity index is 899. The standard InChI is InChI=1S/C18H17N5OS2/c19-17-13(2-1-5-21-17)22-10-12-8-11(3-6-20-12)23-18(24)16-9-15-14(26-16)4-7-25-15/h1-9,14-15,22H,10H2,(H2,19,21)(H,20,23,24). The SMILES string of the molecule is Nc1ncccc1NCc1cc(NC(=O)C2=CC3SC=CC3S2)ccn1. The van der Waals surface area contributed by atoms with Crippen molar-refractivity contribution in [1.82, 2.24) is 9.97 Å². The minimum Gasteiger partial charge on any atom is -0.382 e. The van der Waals surface area contributed by atoms with Crippen molar-refractivity contribution in [3.05, 3.63) is 64.8 Å². The third-order valence-electron chi connectivity index (χ3n) is 4.00. The third kappa shape index (κ3) is 3.71. The van der Waals surface area contributed by atoms with Crippen molar-refractivity contribution in [2.45, 2.75) is 17.0 Å². The fraction of sp³-hybridized carbons (Fsp3) is 0.167. The molecule has 2 aliphatic rings. The molecule has 1 amide bonds. The van der Waals surface area contributed by atoms with Crippen LogP contribution in [0.1, 0.15) is 5.69 Å². The Kier molecular flexibility index (Phi) is 4.85. The van der Waals surface area contributed by atoms with Gasteiger partial charge in [0.15, 0.2) is 0 Å². The van der Waals surface area contributed by atoms with Gasteiger partial charge in [-0.1, -0.05) is 12.2 Å². The Labute approximate surface area is 159 Å². The van der Waals surface area contributed by atoms with E-state index in [9.17, 15) is 4.79 Å². The normalized spacial score (nSPS) is 20.5. The van der Waals surface area contributed by atoms with Crippen LogP contribution < -0.4 is 16.4 Å². The van der Waals surface area contributed by atoms with Gasteiger partial charge in [0, 0.05) is 28.6 Å². The molecule has 0 aromatic carbocycles. The number of hydrogen-bond donors (Lipinski definition) is 3. The molecular formula is C18H17N5OS2. The summed E-state index contributed by atoms with van der Waals surface area (Å²) in [5, 5.41) is 9.02. The molecule has 0 saturated heterocycles. The van der Waals surface area contributed by atoms with Crippen LogP contribution in [0.3, 0.4) is 0 Å². The second-order valence-electron chi connectivity index (χ2n) is 5.82. The highest BCUT2D eigenvalue weighted by Crippen LogP contribution is 2.44. The van der Waals surface area contributed by atoms with Gasteiger partial charge < -0.3 is 16.4 Å². The molecule has 0 bridgehead atoms. The number of nitrogens with two attached hydrogens (primary N) is 1. The molecule has 4 rings (SSSR count). The summed E-state index contributed by atoms with van der Waals surface area (Å²) >= 11 is 3.37. The van der Waals surface area contributed by atoms with Crippen molar-refractivity contribution in [3.8, 4) is 0 Å². The molecule has 4 N–H and O–H groups in total. The maximum Gasteiger partial charge on any atom is 0.261 e. The number of carbonyl (C=O) groups excluding carboxylic acids is 1. The van der Waals surface area contributed by atoms with Gasteiger partial charge in [-0.3, -0.25) is 9.78 Å². The van der Waals surface area contributed by atoms with Gasteiger partial charge in [0.05, 0.1) is 22.8 Å². The average Bonchev–Trinajstić information content (AvgIpc) is 3.23. The number of aromatic nitrogens is 2. The minimum atomic E-state index is -0.0694. The van der Waals surface area contributed by atoms with Gasteiger partial charge in [-0.15, -0.1) is 23.5 Å². The highest BCUT2D eigenvalue weighted by molar-refractivity contribution is 8.09. The van der Waals surface area contributed by atoms with Gasteiger partial charge in [-0.2, -0.15) is 0 Å². The van der Waals surface area contributed by atoms with Crippen molar-refractivity contribution in [1.29, 1.82) is 0 Å². The molecule has 2 aromatic rings. The van der Waals surface area contributed by atoms with Crippen molar-refractivity contribution >= 4 is 46.6 Å². The lowest BCUT2D eigenvalue weighted by atomic mass is 10.2. The van der Waals surface area contributed by atoms with Gasteiger partial charge in [0.25, 0.3) is 5.91 Å². The summed E-state index contributed by atoms with van der Waals surface area (Å²) in [7, 11) is 0. The number of nitrogen functional groups attached to an aromatic ring is 1. The molecule has 0 aliphatic carbocycles. The Morgan fingerprint density at radius 3 is 3.00 bits per heavy atom. The fourth-order valence-electron chi connectivity index (χ4n) is 2.70. The van der Waals surface area contributed by atoms with E-state index in [1.807, 2.05) is 24.3 Å². The van der Waals surface area contributed by atoms with E-state index in [0.717, 1.165) is 22.0 Å². The van der Waals surface area contributed by atoms with Crippen LogP contribution in [0.2, 0.25) is 0 Å². The molecule has 2 aliphatic heterocycles. The summed E-state index contributed by atoms with van der Waals surface area (Å²) in [5.41, 5.74) is 8.11. The lowest BCUT2D eigenvalue weighted by Crippen LogP contribution is -2.13. The number of rotatable bonds is 5. The molecule has 132 valence electrons. The molecule has 0 radical (unpaired) electrons. The average molecular weight is 384 g/mol. The van der Waals surface area contributed by atoms with Crippen LogP contribution in [0.5, 0.6) is 0 Å². The lowest BCUT2D eigenvalue weighted by Gasteiger charge is -2.10. The number of anilines is 3. The predicted molar refractivity (Wildman–Crippen MR) is 109 cm³/mol. The number of pyridine rings is 2. The number of fused-ring (bicyclic) bond motifs is 1.